The van der Waals surface area contributed by atoms with Gasteiger partial charge in [0.25, 0.3) is 0 Å². The Kier molecular flexibility index (Phi) is 6.29. The second kappa shape index (κ2) is 9.66. The third-order valence-electron chi connectivity index (χ3n) is 6.23. The number of aryl methyl sites for hydroxylation is 1. The van der Waals surface area contributed by atoms with Gasteiger partial charge in [0.1, 0.15) is 0 Å². The Morgan fingerprint density at radius 2 is 0.818 bits per heavy atom. The van der Waals surface area contributed by atoms with Crippen LogP contribution in [0, 0.1) is 6.92 Å². The highest BCUT2D eigenvalue weighted by atomic mass is 32.2. The molecule has 0 aliphatic carbocycles. The first-order chi connectivity index (χ1) is 16.3. The van der Waals surface area contributed by atoms with E-state index in [4.69, 9.17) is 0 Å². The first kappa shape index (κ1) is 21.5. The van der Waals surface area contributed by atoms with Gasteiger partial charge in [-0.25, -0.2) is 0 Å². The molecule has 0 saturated carbocycles. The molecule has 160 valence electrons. The second-order valence-corrected chi connectivity index (χ2v) is 13.2. The van der Waals surface area contributed by atoms with Gasteiger partial charge < -0.3 is 0 Å². The molecule has 0 unspecified atom stereocenters. The summed E-state index contributed by atoms with van der Waals surface area (Å²) in [7, 11) is -2.44. The first-order valence-electron chi connectivity index (χ1n) is 11.3. The lowest BCUT2D eigenvalue weighted by Gasteiger charge is -2.34. The zero-order chi connectivity index (χ0) is 22.5. The number of benzene rings is 5. The van der Waals surface area contributed by atoms with Gasteiger partial charge in [-0.1, -0.05) is 133 Å². The predicted octanol–water partition coefficient (Wildman–Crippen LogP) is 5.52. The molecule has 0 atom stereocenters. The Hall–Kier alpha value is -3.33. The fourth-order valence-corrected chi connectivity index (χ4v) is 10.3. The van der Waals surface area contributed by atoms with Crippen molar-refractivity contribution in [2.75, 3.05) is 0 Å². The van der Waals surface area contributed by atoms with Crippen LogP contribution in [0.15, 0.2) is 149 Å². The van der Waals surface area contributed by atoms with E-state index >= 15 is 0 Å². The lowest BCUT2D eigenvalue weighted by molar-refractivity contribution is 1.29. The van der Waals surface area contributed by atoms with Crippen LogP contribution < -0.4 is 20.7 Å². The van der Waals surface area contributed by atoms with Gasteiger partial charge in [-0.2, -0.15) is 0 Å². The van der Waals surface area contributed by atoms with Gasteiger partial charge in [-0.15, -0.1) is 0 Å². The summed E-state index contributed by atoms with van der Waals surface area (Å²) < 4.78 is 0. The zero-order valence-corrected chi connectivity index (χ0v) is 20.5. The maximum atomic E-state index is 2.36. The van der Waals surface area contributed by atoms with Crippen LogP contribution in [0.25, 0.3) is 0 Å². The molecule has 0 aliphatic heterocycles. The normalized spacial score (nSPS) is 11.3. The standard InChI is InChI=1S/C31H26SSi/c1-25-13-11-12-20-31(25)32-26-21-23-30(24-22-26)33(27-14-5-2-6-15-27,28-16-7-3-8-17-28)29-18-9-4-10-19-29/h2-24H,1H3. The molecule has 0 fully saturated rings. The fourth-order valence-electron chi connectivity index (χ4n) is 4.64. The summed E-state index contributed by atoms with van der Waals surface area (Å²) in [6, 6.07) is 51.1. The van der Waals surface area contributed by atoms with Gasteiger partial charge in [0.2, 0.25) is 0 Å². The number of rotatable bonds is 6. The average molecular weight is 459 g/mol. The second-order valence-electron chi connectivity index (χ2n) is 8.24. The highest BCUT2D eigenvalue weighted by Gasteiger charge is 2.41. The van der Waals surface area contributed by atoms with Crippen LogP contribution in [0.2, 0.25) is 0 Å². The predicted molar refractivity (Wildman–Crippen MR) is 145 cm³/mol. The Morgan fingerprint density at radius 3 is 1.27 bits per heavy atom. The maximum absolute atomic E-state index is 2.44. The van der Waals surface area contributed by atoms with Crippen LogP contribution in [-0.4, -0.2) is 8.07 Å². The van der Waals surface area contributed by atoms with Gasteiger partial charge in [-0.05, 0) is 51.4 Å². The first-order valence-corrected chi connectivity index (χ1v) is 14.1. The third kappa shape index (κ3) is 4.20. The molecule has 0 N–H and O–H groups in total. The van der Waals surface area contributed by atoms with Crippen LogP contribution in [0.1, 0.15) is 5.56 Å². The van der Waals surface area contributed by atoms with Crippen LogP contribution in [0.3, 0.4) is 0 Å². The molecule has 0 spiro atoms. The molecule has 0 bridgehead atoms. The van der Waals surface area contributed by atoms with Crippen molar-refractivity contribution in [2.45, 2.75) is 16.7 Å². The highest BCUT2D eigenvalue weighted by molar-refractivity contribution is 7.99. The van der Waals surface area contributed by atoms with Crippen molar-refractivity contribution in [3.05, 3.63) is 145 Å². The van der Waals surface area contributed by atoms with Crippen LogP contribution in [-0.2, 0) is 0 Å². The summed E-state index contributed by atoms with van der Waals surface area (Å²) in [6.07, 6.45) is 0. The summed E-state index contributed by atoms with van der Waals surface area (Å²) in [4.78, 5) is 2.58. The summed E-state index contributed by atoms with van der Waals surface area (Å²) in [5, 5.41) is 5.62. The van der Waals surface area contributed by atoms with Crippen molar-refractivity contribution in [2.24, 2.45) is 0 Å². The average Bonchev–Trinajstić information content (AvgIpc) is 2.89. The molecule has 33 heavy (non-hydrogen) atoms. The SMILES string of the molecule is Cc1ccccc1Sc1ccc([Si](c2ccccc2)(c2ccccc2)c2ccccc2)cc1. The van der Waals surface area contributed by atoms with Crippen molar-refractivity contribution in [1.29, 1.82) is 0 Å². The summed E-state index contributed by atoms with van der Waals surface area (Å²) in [6.45, 7) is 2.18. The molecule has 0 nitrogen and oxygen atoms in total. The Labute approximate surface area is 202 Å². The van der Waals surface area contributed by atoms with E-state index in [9.17, 15) is 0 Å². The van der Waals surface area contributed by atoms with Crippen molar-refractivity contribution in [1.82, 2.24) is 0 Å². The zero-order valence-electron chi connectivity index (χ0n) is 18.7. The Balaban J connectivity index is 1.69. The van der Waals surface area contributed by atoms with Gasteiger partial charge in [0.15, 0.2) is 8.07 Å². The highest BCUT2D eigenvalue weighted by Crippen LogP contribution is 2.29. The van der Waals surface area contributed by atoms with Crippen LogP contribution >= 0.6 is 11.8 Å². The number of hydrogen-bond acceptors (Lipinski definition) is 1. The van der Waals surface area contributed by atoms with Gasteiger partial charge >= 0.3 is 0 Å². The Morgan fingerprint density at radius 1 is 0.424 bits per heavy atom. The smallest absolute Gasteiger partial charge is 0.0898 e. The van der Waals surface area contributed by atoms with E-state index in [0.717, 1.165) is 0 Å². The molecule has 5 aromatic rings. The van der Waals surface area contributed by atoms with E-state index in [-0.39, 0.29) is 0 Å². The molecule has 2 heteroatoms. The van der Waals surface area contributed by atoms with Crippen molar-refractivity contribution >= 4 is 40.6 Å². The molecule has 0 saturated heterocycles. The van der Waals surface area contributed by atoms with Gasteiger partial charge in [0.05, 0.1) is 0 Å². The quantitative estimate of drug-likeness (QED) is 0.238. The van der Waals surface area contributed by atoms with Crippen molar-refractivity contribution in [3.8, 4) is 0 Å². The minimum Gasteiger partial charge on any atom is -0.0898 e. The largest absolute Gasteiger partial charge is 0.179 e. The third-order valence-corrected chi connectivity index (χ3v) is 12.2. The van der Waals surface area contributed by atoms with E-state index in [1.807, 2.05) is 11.8 Å². The minimum absolute atomic E-state index is 1.27. The minimum atomic E-state index is -2.44. The molecule has 0 aliphatic rings. The topological polar surface area (TPSA) is 0 Å². The number of hydrogen-bond donors (Lipinski definition) is 0. The molecule has 5 rings (SSSR count). The molecule has 0 heterocycles. The summed E-state index contributed by atoms with van der Waals surface area (Å²) in [5.74, 6) is 0. The van der Waals surface area contributed by atoms with E-state index in [0.29, 0.717) is 0 Å². The molecule has 0 amide bonds. The van der Waals surface area contributed by atoms with Crippen LogP contribution in [0.4, 0.5) is 0 Å². The summed E-state index contributed by atoms with van der Waals surface area (Å²) >= 11 is 1.84. The molecular weight excluding hydrogens is 432 g/mol. The molecule has 0 radical (unpaired) electrons. The van der Waals surface area contributed by atoms with E-state index in [1.165, 1.54) is 36.1 Å². The lowest BCUT2D eigenvalue weighted by Crippen LogP contribution is -2.74. The maximum Gasteiger partial charge on any atom is 0.179 e. The van der Waals surface area contributed by atoms with Crippen molar-refractivity contribution in [3.63, 3.8) is 0 Å². The van der Waals surface area contributed by atoms with E-state index in [2.05, 4.69) is 146 Å². The lowest BCUT2D eigenvalue weighted by atomic mass is 10.2. The molecule has 0 aromatic heterocycles. The van der Waals surface area contributed by atoms with E-state index in [1.54, 1.807) is 0 Å². The van der Waals surface area contributed by atoms with Crippen LogP contribution in [0.5, 0.6) is 0 Å². The molecular formula is C31H26SSi. The Bertz CT molecular complexity index is 1220. The van der Waals surface area contributed by atoms with Gasteiger partial charge in [-0.3, -0.25) is 0 Å². The monoisotopic (exact) mass is 458 g/mol. The van der Waals surface area contributed by atoms with Gasteiger partial charge in [0, 0.05) is 9.79 Å². The van der Waals surface area contributed by atoms with E-state index < -0.39 is 8.07 Å². The summed E-state index contributed by atoms with van der Waals surface area (Å²) in [5.41, 5.74) is 1.31. The van der Waals surface area contributed by atoms with Crippen molar-refractivity contribution < 1.29 is 0 Å². The fraction of sp³-hybridized carbons (Fsp3) is 0.0323. The molecule has 5 aromatic carbocycles.